The predicted molar refractivity (Wildman–Crippen MR) is 81.5 cm³/mol. The lowest BCUT2D eigenvalue weighted by atomic mass is 9.77. The van der Waals surface area contributed by atoms with E-state index < -0.39 is 44.9 Å². The summed E-state index contributed by atoms with van der Waals surface area (Å²) in [6, 6.07) is 4.90. The summed E-state index contributed by atoms with van der Waals surface area (Å²) in [5.74, 6) is -4.97. The molecule has 0 radical (unpaired) electrons. The van der Waals surface area contributed by atoms with Crippen molar-refractivity contribution in [1.29, 1.82) is 0 Å². The Morgan fingerprint density at radius 3 is 1.96 bits per heavy atom. The highest BCUT2D eigenvalue weighted by Gasteiger charge is 2.43. The standard InChI is InChI=1S/C15H16O8S/c16-13(8-1-3-9(4-2-8)14(17)18)11-7-10(15(19)20)5-6-12(11)24(21,22)23/h1-4,10-12H,5-7H2,(H,17,18)(H,19,20)(H,21,22,23). The van der Waals surface area contributed by atoms with Gasteiger partial charge in [-0.25, -0.2) is 4.79 Å². The first-order valence-electron chi connectivity index (χ1n) is 7.18. The van der Waals surface area contributed by atoms with Crippen molar-refractivity contribution in [2.24, 2.45) is 11.8 Å². The Morgan fingerprint density at radius 2 is 1.50 bits per heavy atom. The van der Waals surface area contributed by atoms with Crippen molar-refractivity contribution in [2.45, 2.75) is 24.5 Å². The van der Waals surface area contributed by atoms with E-state index in [9.17, 15) is 27.4 Å². The summed E-state index contributed by atoms with van der Waals surface area (Å²) in [5.41, 5.74) is 0.0367. The first-order valence-corrected chi connectivity index (χ1v) is 8.68. The Morgan fingerprint density at radius 1 is 0.958 bits per heavy atom. The van der Waals surface area contributed by atoms with E-state index in [-0.39, 0.29) is 30.4 Å². The third-order valence-corrected chi connectivity index (χ3v) is 5.60. The van der Waals surface area contributed by atoms with Gasteiger partial charge in [0.05, 0.1) is 16.7 Å². The van der Waals surface area contributed by atoms with Crippen molar-refractivity contribution in [3.05, 3.63) is 35.4 Å². The van der Waals surface area contributed by atoms with E-state index in [0.717, 1.165) is 0 Å². The third kappa shape index (κ3) is 3.80. The average Bonchev–Trinajstić information content (AvgIpc) is 2.52. The van der Waals surface area contributed by atoms with Gasteiger partial charge in [0.2, 0.25) is 0 Å². The van der Waals surface area contributed by atoms with Crippen LogP contribution in [0.5, 0.6) is 0 Å². The number of hydrogen-bond donors (Lipinski definition) is 3. The van der Waals surface area contributed by atoms with E-state index in [1.54, 1.807) is 0 Å². The van der Waals surface area contributed by atoms with Crippen LogP contribution in [0.3, 0.4) is 0 Å². The van der Waals surface area contributed by atoms with E-state index >= 15 is 0 Å². The summed E-state index contributed by atoms with van der Waals surface area (Å²) in [7, 11) is -4.51. The van der Waals surface area contributed by atoms with Crippen LogP contribution in [0.25, 0.3) is 0 Å². The zero-order valence-electron chi connectivity index (χ0n) is 12.5. The summed E-state index contributed by atoms with van der Waals surface area (Å²) in [6.07, 6.45) is -0.264. The van der Waals surface area contributed by atoms with E-state index in [2.05, 4.69) is 0 Å². The van der Waals surface area contributed by atoms with Crippen LogP contribution in [0.2, 0.25) is 0 Å². The van der Waals surface area contributed by atoms with Gasteiger partial charge in [0.25, 0.3) is 10.1 Å². The Kier molecular flexibility index (Phi) is 5.05. The van der Waals surface area contributed by atoms with Gasteiger partial charge < -0.3 is 10.2 Å². The number of carbonyl (C=O) groups excluding carboxylic acids is 1. The molecule has 1 saturated carbocycles. The maximum absolute atomic E-state index is 12.6. The highest BCUT2D eigenvalue weighted by molar-refractivity contribution is 7.86. The van der Waals surface area contributed by atoms with Crippen molar-refractivity contribution >= 4 is 27.8 Å². The number of carboxylic acid groups (broad SMARTS) is 2. The molecule has 130 valence electrons. The van der Waals surface area contributed by atoms with Gasteiger partial charge in [-0.3, -0.25) is 14.1 Å². The van der Waals surface area contributed by atoms with Gasteiger partial charge in [-0.05, 0) is 31.4 Å². The molecule has 8 nitrogen and oxygen atoms in total. The molecule has 3 atom stereocenters. The number of rotatable bonds is 5. The molecule has 1 aromatic rings. The van der Waals surface area contributed by atoms with Gasteiger partial charge in [0.1, 0.15) is 0 Å². The summed E-state index contributed by atoms with van der Waals surface area (Å²) in [4.78, 5) is 34.6. The van der Waals surface area contributed by atoms with Crippen LogP contribution in [0.1, 0.15) is 40.0 Å². The Hall–Kier alpha value is -2.26. The number of ketones is 1. The quantitative estimate of drug-likeness (QED) is 0.529. The minimum Gasteiger partial charge on any atom is -0.481 e. The average molecular weight is 356 g/mol. The van der Waals surface area contributed by atoms with Crippen LogP contribution in [0.15, 0.2) is 24.3 Å². The fourth-order valence-corrected chi connectivity index (χ4v) is 4.07. The Bertz CT molecular complexity index is 765. The van der Waals surface area contributed by atoms with Crippen LogP contribution >= 0.6 is 0 Å². The number of benzene rings is 1. The number of aliphatic carboxylic acids is 1. The molecule has 24 heavy (non-hydrogen) atoms. The van der Waals surface area contributed by atoms with Crippen LogP contribution in [-0.4, -0.2) is 46.2 Å². The second-order valence-corrected chi connectivity index (χ2v) is 7.39. The van der Waals surface area contributed by atoms with Crippen molar-refractivity contribution in [3.8, 4) is 0 Å². The summed E-state index contributed by atoms with van der Waals surface area (Å²) in [6.45, 7) is 0. The second-order valence-electron chi connectivity index (χ2n) is 5.75. The predicted octanol–water partition coefficient (Wildman–Crippen LogP) is 1.32. The molecular formula is C15H16O8S. The molecule has 0 aliphatic heterocycles. The summed E-state index contributed by atoms with van der Waals surface area (Å²) < 4.78 is 32.4. The normalized spacial score (nSPS) is 24.3. The zero-order valence-corrected chi connectivity index (χ0v) is 13.3. The summed E-state index contributed by atoms with van der Waals surface area (Å²) >= 11 is 0. The maximum atomic E-state index is 12.6. The minimum absolute atomic E-state index is 0.0371. The molecule has 3 unspecified atom stereocenters. The molecule has 0 aromatic heterocycles. The lowest BCUT2D eigenvalue weighted by Crippen LogP contribution is -2.41. The number of carbonyl (C=O) groups is 3. The molecule has 1 aliphatic rings. The SMILES string of the molecule is O=C(O)c1ccc(C(=O)C2CC(C(=O)O)CCC2S(=O)(=O)O)cc1. The first-order chi connectivity index (χ1) is 11.1. The monoisotopic (exact) mass is 356 g/mol. The molecule has 0 heterocycles. The highest BCUT2D eigenvalue weighted by Crippen LogP contribution is 2.35. The fraction of sp³-hybridized carbons (Fsp3) is 0.400. The molecular weight excluding hydrogens is 340 g/mol. The molecule has 1 aliphatic carbocycles. The van der Waals surface area contributed by atoms with Gasteiger partial charge in [0, 0.05) is 11.5 Å². The molecule has 1 fully saturated rings. The molecule has 0 spiro atoms. The first kappa shape index (κ1) is 18.1. The lowest BCUT2D eigenvalue weighted by Gasteiger charge is -2.31. The lowest BCUT2D eigenvalue weighted by molar-refractivity contribution is -0.143. The zero-order chi connectivity index (χ0) is 18.1. The van der Waals surface area contributed by atoms with Gasteiger partial charge in [-0.1, -0.05) is 12.1 Å². The second kappa shape index (κ2) is 6.70. The van der Waals surface area contributed by atoms with Crippen LogP contribution < -0.4 is 0 Å². The number of Topliss-reactive ketones (excluding diaryl/α,β-unsaturated/α-hetero) is 1. The van der Waals surface area contributed by atoms with Crippen molar-refractivity contribution in [2.75, 3.05) is 0 Å². The Labute approximate surface area is 137 Å². The molecule has 3 N–H and O–H groups in total. The number of hydrogen-bond acceptors (Lipinski definition) is 5. The van der Waals surface area contributed by atoms with Gasteiger partial charge in [0.15, 0.2) is 5.78 Å². The van der Waals surface area contributed by atoms with Gasteiger partial charge in [-0.2, -0.15) is 8.42 Å². The molecule has 0 bridgehead atoms. The van der Waals surface area contributed by atoms with E-state index in [1.807, 2.05) is 0 Å². The summed E-state index contributed by atoms with van der Waals surface area (Å²) in [5, 5.41) is 16.6. The Balaban J connectivity index is 2.33. The fourth-order valence-electron chi connectivity index (χ4n) is 2.99. The minimum atomic E-state index is -4.51. The van der Waals surface area contributed by atoms with Gasteiger partial charge >= 0.3 is 11.9 Å². The largest absolute Gasteiger partial charge is 0.481 e. The van der Waals surface area contributed by atoms with Crippen molar-refractivity contribution in [3.63, 3.8) is 0 Å². The van der Waals surface area contributed by atoms with Crippen LogP contribution in [0, 0.1) is 11.8 Å². The smallest absolute Gasteiger partial charge is 0.335 e. The molecule has 0 saturated heterocycles. The molecule has 9 heteroatoms. The molecule has 2 rings (SSSR count). The van der Waals surface area contributed by atoms with Crippen LogP contribution in [-0.2, 0) is 14.9 Å². The third-order valence-electron chi connectivity index (χ3n) is 4.27. The van der Waals surface area contributed by atoms with E-state index in [1.165, 1.54) is 24.3 Å². The highest BCUT2D eigenvalue weighted by atomic mass is 32.2. The number of carboxylic acids is 2. The van der Waals surface area contributed by atoms with E-state index in [4.69, 9.17) is 10.2 Å². The van der Waals surface area contributed by atoms with E-state index in [0.29, 0.717) is 0 Å². The topological polar surface area (TPSA) is 146 Å². The maximum Gasteiger partial charge on any atom is 0.335 e. The van der Waals surface area contributed by atoms with Crippen LogP contribution in [0.4, 0.5) is 0 Å². The number of aromatic carboxylic acids is 1. The molecule has 1 aromatic carbocycles. The van der Waals surface area contributed by atoms with Gasteiger partial charge in [-0.15, -0.1) is 0 Å². The van der Waals surface area contributed by atoms with Crippen molar-refractivity contribution in [1.82, 2.24) is 0 Å². The molecule has 0 amide bonds. The van der Waals surface area contributed by atoms with Crippen molar-refractivity contribution < 1.29 is 37.6 Å².